The van der Waals surface area contributed by atoms with Gasteiger partial charge in [0.15, 0.2) is 0 Å². The van der Waals surface area contributed by atoms with Crippen LogP contribution in [0.15, 0.2) is 73.4 Å². The van der Waals surface area contributed by atoms with Crippen LogP contribution in [0.2, 0.25) is 0 Å². The van der Waals surface area contributed by atoms with Crippen LogP contribution >= 0.6 is 31.9 Å². The number of benzene rings is 2. The molecule has 138 valence electrons. The first-order valence-electron chi connectivity index (χ1n) is 7.38. The third-order valence-electron chi connectivity index (χ3n) is 3.62. The number of nitrogens with one attached hydrogen (secondary N) is 1. The summed E-state index contributed by atoms with van der Waals surface area (Å²) in [6, 6.07) is 9.98. The number of rotatable bonds is 0. The van der Waals surface area contributed by atoms with Crippen LogP contribution in [0, 0.1) is 0 Å². The van der Waals surface area contributed by atoms with Gasteiger partial charge in [0.1, 0.15) is 0 Å². The van der Waals surface area contributed by atoms with Crippen molar-refractivity contribution in [2.45, 2.75) is 0 Å². The van der Waals surface area contributed by atoms with E-state index in [2.05, 4.69) is 45.7 Å². The molecule has 2 heterocycles. The first kappa shape index (κ1) is 19.1. The smallest absolute Gasteiger partial charge is 0.372 e. The number of hydrogen-bond acceptors (Lipinski definition) is 6. The van der Waals surface area contributed by atoms with E-state index >= 15 is 0 Å². The van der Waals surface area contributed by atoms with Gasteiger partial charge in [0.05, 0.1) is 21.8 Å². The van der Waals surface area contributed by atoms with E-state index in [9.17, 15) is 19.2 Å². The molecular weight excluding hydrogens is 488 g/mol. The molecule has 0 saturated carbocycles. The predicted molar refractivity (Wildman–Crippen MR) is 106 cm³/mol. The van der Waals surface area contributed by atoms with Crippen molar-refractivity contribution in [1.29, 1.82) is 0 Å². The van der Waals surface area contributed by atoms with Gasteiger partial charge in [0.2, 0.25) is 0 Å². The van der Waals surface area contributed by atoms with Crippen LogP contribution in [0.3, 0.4) is 0 Å². The number of aromatic amines is 1. The van der Waals surface area contributed by atoms with Crippen LogP contribution in [-0.2, 0) is 7.05 Å². The summed E-state index contributed by atoms with van der Waals surface area (Å²) >= 11 is 6.49. The number of H-pyrrole nitrogens is 1. The molecule has 0 atom stereocenters. The second kappa shape index (κ2) is 7.49. The normalized spacial score (nSPS) is 10.6. The Morgan fingerprint density at radius 2 is 1.44 bits per heavy atom. The van der Waals surface area contributed by atoms with Crippen molar-refractivity contribution in [3.63, 3.8) is 0 Å². The van der Waals surface area contributed by atoms with Gasteiger partial charge in [-0.25, -0.2) is 19.2 Å². The lowest BCUT2D eigenvalue weighted by atomic mass is 10.2. The molecule has 27 heavy (non-hydrogen) atoms. The Balaban J connectivity index is 0.000000156. The van der Waals surface area contributed by atoms with Crippen LogP contribution in [-0.4, -0.2) is 9.55 Å². The summed E-state index contributed by atoms with van der Waals surface area (Å²) < 4.78 is 11.7. The molecule has 1 N–H and O–H groups in total. The number of halogens is 2. The van der Waals surface area contributed by atoms with E-state index in [1.807, 2.05) is 0 Å². The summed E-state index contributed by atoms with van der Waals surface area (Å²) in [7, 11) is 1.56. The van der Waals surface area contributed by atoms with Crippen molar-refractivity contribution in [2.24, 2.45) is 7.05 Å². The van der Waals surface area contributed by atoms with Crippen molar-refractivity contribution in [1.82, 2.24) is 9.55 Å². The summed E-state index contributed by atoms with van der Waals surface area (Å²) in [5.41, 5.74) is -0.196. The average molecular weight is 498 g/mol. The summed E-state index contributed by atoms with van der Waals surface area (Å²) in [5, 5.41) is 0.762. The number of hydrogen-bond donors (Lipinski definition) is 1. The number of aryl methyl sites for hydroxylation is 1. The highest BCUT2D eigenvalue weighted by Crippen LogP contribution is 2.15. The Bertz CT molecular complexity index is 1400. The molecule has 0 aliphatic heterocycles. The van der Waals surface area contributed by atoms with Crippen LogP contribution < -0.4 is 22.8 Å². The zero-order valence-electron chi connectivity index (χ0n) is 13.6. The molecule has 0 bridgehead atoms. The maximum atomic E-state index is 11.3. The molecule has 0 fully saturated rings. The van der Waals surface area contributed by atoms with Crippen molar-refractivity contribution in [2.75, 3.05) is 0 Å². The molecule has 0 unspecified atom stereocenters. The Morgan fingerprint density at radius 1 is 0.852 bits per heavy atom. The highest BCUT2D eigenvalue weighted by molar-refractivity contribution is 9.10. The standard InChI is InChI=1S/C9H6BrNO3.C8H4BrNO3/c1-11-7-4-5(10)2-3-6(7)8(12)14-9(11)13;9-4-1-2-5-6(3-4)10-8(12)13-7(5)11/h2-4H,1H3;1-3H,(H,10,12). The van der Waals surface area contributed by atoms with E-state index in [0.29, 0.717) is 21.8 Å². The summed E-state index contributed by atoms with van der Waals surface area (Å²) in [4.78, 5) is 46.7. The molecule has 0 spiro atoms. The molecule has 0 radical (unpaired) electrons. The monoisotopic (exact) mass is 496 g/mol. The van der Waals surface area contributed by atoms with E-state index in [0.717, 1.165) is 8.95 Å². The minimum absolute atomic E-state index is 0.364. The SMILES string of the molecule is Cn1c(=O)oc(=O)c2ccc(Br)cc21.O=c1[nH]c2cc(Br)ccc2c(=O)o1. The molecule has 4 rings (SSSR count). The zero-order valence-corrected chi connectivity index (χ0v) is 16.8. The highest BCUT2D eigenvalue weighted by atomic mass is 79.9. The van der Waals surface area contributed by atoms with E-state index in [-0.39, 0.29) is 0 Å². The zero-order chi connectivity index (χ0) is 19.7. The first-order valence-corrected chi connectivity index (χ1v) is 8.97. The van der Waals surface area contributed by atoms with Crippen molar-refractivity contribution >= 4 is 53.7 Å². The quantitative estimate of drug-likeness (QED) is 0.399. The minimum Gasteiger partial charge on any atom is -0.372 e. The van der Waals surface area contributed by atoms with Gasteiger partial charge in [-0.2, -0.15) is 0 Å². The van der Waals surface area contributed by atoms with Gasteiger partial charge in [-0.1, -0.05) is 31.9 Å². The van der Waals surface area contributed by atoms with E-state index in [1.54, 1.807) is 43.4 Å². The van der Waals surface area contributed by atoms with Crippen LogP contribution in [0.4, 0.5) is 0 Å². The second-order valence-corrected chi connectivity index (χ2v) is 7.20. The average Bonchev–Trinajstić information content (AvgIpc) is 2.59. The van der Waals surface area contributed by atoms with Crippen LogP contribution in [0.25, 0.3) is 21.8 Å². The Labute approximate surface area is 166 Å². The lowest BCUT2D eigenvalue weighted by Crippen LogP contribution is -2.22. The molecule has 10 heteroatoms. The van der Waals surface area contributed by atoms with Gasteiger partial charge < -0.3 is 8.83 Å². The molecule has 8 nitrogen and oxygen atoms in total. The van der Waals surface area contributed by atoms with E-state index in [1.165, 1.54) is 4.57 Å². The van der Waals surface area contributed by atoms with Gasteiger partial charge in [0.25, 0.3) is 0 Å². The van der Waals surface area contributed by atoms with Gasteiger partial charge in [-0.3, -0.25) is 9.55 Å². The third kappa shape index (κ3) is 4.01. The second-order valence-electron chi connectivity index (χ2n) is 5.37. The molecule has 0 amide bonds. The summed E-state index contributed by atoms with van der Waals surface area (Å²) in [5.74, 6) is -1.39. The number of aromatic nitrogens is 2. The molecular formula is C17H10Br2N2O6. The predicted octanol–water partition coefficient (Wildman–Crippen LogP) is 2.50. The highest BCUT2D eigenvalue weighted by Gasteiger charge is 2.06. The van der Waals surface area contributed by atoms with E-state index < -0.39 is 22.8 Å². The maximum Gasteiger partial charge on any atom is 0.422 e. The van der Waals surface area contributed by atoms with E-state index in [4.69, 9.17) is 0 Å². The van der Waals surface area contributed by atoms with Crippen LogP contribution in [0.1, 0.15) is 0 Å². The van der Waals surface area contributed by atoms with Crippen molar-refractivity contribution in [3.8, 4) is 0 Å². The van der Waals surface area contributed by atoms with Gasteiger partial charge in [-0.05, 0) is 36.4 Å². The Kier molecular flexibility index (Phi) is 5.29. The Hall–Kier alpha value is -2.72. The molecule has 2 aromatic heterocycles. The minimum atomic E-state index is -0.740. The lowest BCUT2D eigenvalue weighted by molar-refractivity contribution is 0.433. The lowest BCUT2D eigenvalue weighted by Gasteiger charge is -2.01. The molecule has 0 aliphatic carbocycles. The number of fused-ring (bicyclic) bond motifs is 2. The molecule has 4 aromatic rings. The fraction of sp³-hybridized carbons (Fsp3) is 0.0588. The van der Waals surface area contributed by atoms with Gasteiger partial charge in [0, 0.05) is 16.0 Å². The Morgan fingerprint density at radius 3 is 2.15 bits per heavy atom. The topological polar surface area (TPSA) is 115 Å². The fourth-order valence-corrected chi connectivity index (χ4v) is 3.04. The largest absolute Gasteiger partial charge is 0.422 e. The summed E-state index contributed by atoms with van der Waals surface area (Å²) in [6.45, 7) is 0. The fourth-order valence-electron chi connectivity index (χ4n) is 2.33. The maximum absolute atomic E-state index is 11.3. The van der Waals surface area contributed by atoms with Gasteiger partial charge >= 0.3 is 22.8 Å². The van der Waals surface area contributed by atoms with Crippen LogP contribution in [0.5, 0.6) is 0 Å². The van der Waals surface area contributed by atoms with Crippen molar-refractivity contribution in [3.05, 3.63) is 87.3 Å². The van der Waals surface area contributed by atoms with Crippen molar-refractivity contribution < 1.29 is 8.83 Å². The molecule has 0 aliphatic rings. The molecule has 0 saturated heterocycles. The number of nitrogens with zero attached hydrogens (tertiary/aromatic N) is 1. The first-order chi connectivity index (χ1) is 12.8. The third-order valence-corrected chi connectivity index (χ3v) is 4.61. The molecule has 2 aromatic carbocycles. The van der Waals surface area contributed by atoms with Gasteiger partial charge in [-0.15, -0.1) is 0 Å². The summed E-state index contributed by atoms with van der Waals surface area (Å²) in [6.07, 6.45) is 0.